The van der Waals surface area contributed by atoms with E-state index in [1.54, 1.807) is 74.5 Å². The van der Waals surface area contributed by atoms with Gasteiger partial charge in [0.15, 0.2) is 5.78 Å². The van der Waals surface area contributed by atoms with Crippen LogP contribution < -0.4 is 19.7 Å². The van der Waals surface area contributed by atoms with E-state index in [0.717, 1.165) is 5.56 Å². The van der Waals surface area contributed by atoms with Gasteiger partial charge in [-0.2, -0.15) is 0 Å². The number of carbonyl (C=O) groups is 4. The van der Waals surface area contributed by atoms with Crippen molar-refractivity contribution in [2.75, 3.05) is 6.54 Å². The maximum Gasteiger partial charge on any atom is 0.453 e. The molecule has 1 fully saturated rings. The Kier molecular flexibility index (Phi) is 12.0. The summed E-state index contributed by atoms with van der Waals surface area (Å²) in [5, 5.41) is 14.5. The molecular weight excluding hydrogens is 609 g/mol. The zero-order valence-corrected chi connectivity index (χ0v) is 26.8. The van der Waals surface area contributed by atoms with Crippen molar-refractivity contribution in [1.82, 2.24) is 15.5 Å². The van der Waals surface area contributed by atoms with Crippen LogP contribution in [-0.2, 0) is 30.2 Å². The summed E-state index contributed by atoms with van der Waals surface area (Å²) in [5.41, 5.74) is 0.782. The molecule has 0 radical (unpaired) electrons. The van der Waals surface area contributed by atoms with Crippen LogP contribution in [0.5, 0.6) is 11.5 Å². The van der Waals surface area contributed by atoms with Gasteiger partial charge < -0.3 is 29.7 Å². The van der Waals surface area contributed by atoms with Gasteiger partial charge in [-0.05, 0) is 48.6 Å². The number of carboxylic acids is 1. The summed E-state index contributed by atoms with van der Waals surface area (Å²) >= 11 is 0. The predicted molar refractivity (Wildman–Crippen MR) is 172 cm³/mol. The van der Waals surface area contributed by atoms with Crippen molar-refractivity contribution >= 4 is 31.3 Å². The number of nitrogens with zero attached hydrogens (tertiary/aromatic N) is 1. The van der Waals surface area contributed by atoms with Gasteiger partial charge in [0, 0.05) is 19.4 Å². The fourth-order valence-electron chi connectivity index (χ4n) is 5.20. The standard InChI is InChI=1S/C34H40N3O8P/c1-24(2)32(35-29(38)20-21-31(39)40)34(42)37-22-12-19-28(37)33(41)36-30(23-25-13-6-3-7-14-25)46(43,44-26-15-8-4-9-16-26)45-27-17-10-5-11-18-27/h3-11,13-18,24,28,30,32H,12,19-23H2,1-2H3,(H,35,38)(H,36,41)(H,39,40)/t28-,30?,32-/m0/s1. The molecule has 3 aromatic rings. The smallest absolute Gasteiger partial charge is 0.453 e. The lowest BCUT2D eigenvalue weighted by Crippen LogP contribution is -2.56. The zero-order valence-electron chi connectivity index (χ0n) is 25.9. The molecule has 1 unspecified atom stereocenters. The molecule has 3 aromatic carbocycles. The van der Waals surface area contributed by atoms with Crippen molar-refractivity contribution in [3.05, 3.63) is 96.6 Å². The number of aliphatic carboxylic acids is 1. The van der Waals surface area contributed by atoms with Crippen molar-refractivity contribution < 1.29 is 37.9 Å². The second kappa shape index (κ2) is 16.1. The van der Waals surface area contributed by atoms with Crippen molar-refractivity contribution in [1.29, 1.82) is 0 Å². The number of carbonyl (C=O) groups excluding carboxylic acids is 3. The molecule has 11 nitrogen and oxygen atoms in total. The molecule has 1 saturated heterocycles. The number of benzene rings is 3. The van der Waals surface area contributed by atoms with E-state index >= 15 is 0 Å². The average molecular weight is 650 g/mol. The lowest BCUT2D eigenvalue weighted by atomic mass is 10.0. The second-order valence-electron chi connectivity index (χ2n) is 11.4. The third-order valence-electron chi connectivity index (χ3n) is 7.57. The molecule has 0 aromatic heterocycles. The molecule has 1 heterocycles. The molecule has 244 valence electrons. The highest BCUT2D eigenvalue weighted by molar-refractivity contribution is 7.55. The van der Waals surface area contributed by atoms with Crippen LogP contribution in [0.15, 0.2) is 91.0 Å². The van der Waals surface area contributed by atoms with E-state index in [1.807, 2.05) is 30.3 Å². The van der Waals surface area contributed by atoms with Crippen molar-refractivity contribution in [2.24, 2.45) is 5.92 Å². The molecule has 0 bridgehead atoms. The minimum absolute atomic E-state index is 0.110. The number of para-hydroxylation sites is 2. The van der Waals surface area contributed by atoms with Crippen molar-refractivity contribution in [2.45, 2.75) is 63.8 Å². The number of rotatable bonds is 15. The van der Waals surface area contributed by atoms with E-state index < -0.39 is 49.2 Å². The summed E-state index contributed by atoms with van der Waals surface area (Å²) in [7, 11) is -4.19. The molecule has 0 aliphatic carbocycles. The first kappa shape index (κ1) is 34.2. The van der Waals surface area contributed by atoms with E-state index in [1.165, 1.54) is 4.90 Å². The summed E-state index contributed by atoms with van der Waals surface area (Å²) in [4.78, 5) is 52.6. The lowest BCUT2D eigenvalue weighted by molar-refractivity contribution is -0.143. The van der Waals surface area contributed by atoms with Gasteiger partial charge >= 0.3 is 13.6 Å². The monoisotopic (exact) mass is 649 g/mol. The highest BCUT2D eigenvalue weighted by atomic mass is 31.2. The SMILES string of the molecule is CC(C)[C@H](NC(=O)CCC(=O)O)C(=O)N1CCC[C@H]1C(=O)NC(Cc1ccccc1)P(=O)(Oc1ccccc1)Oc1ccccc1. The van der Waals surface area contributed by atoms with Gasteiger partial charge in [-0.3, -0.25) is 19.2 Å². The number of hydrogen-bond donors (Lipinski definition) is 3. The van der Waals surface area contributed by atoms with Crippen LogP contribution in [0.2, 0.25) is 0 Å². The van der Waals surface area contributed by atoms with Gasteiger partial charge in [0.05, 0.1) is 6.42 Å². The molecule has 1 aliphatic rings. The average Bonchev–Trinajstić information content (AvgIpc) is 3.54. The van der Waals surface area contributed by atoms with Crippen molar-refractivity contribution in [3.8, 4) is 11.5 Å². The van der Waals surface area contributed by atoms with Crippen LogP contribution in [0.1, 0.15) is 45.1 Å². The van der Waals surface area contributed by atoms with Gasteiger partial charge in [0.2, 0.25) is 17.7 Å². The zero-order chi connectivity index (χ0) is 33.1. The third kappa shape index (κ3) is 9.44. The first-order chi connectivity index (χ1) is 22.1. The van der Waals surface area contributed by atoms with E-state index in [-0.39, 0.29) is 31.7 Å². The Bertz CT molecular complexity index is 1480. The van der Waals surface area contributed by atoms with Gasteiger partial charge in [0.1, 0.15) is 23.6 Å². The van der Waals surface area contributed by atoms with Gasteiger partial charge in [-0.25, -0.2) is 4.57 Å². The molecule has 0 saturated carbocycles. The first-order valence-corrected chi connectivity index (χ1v) is 16.9. The Morgan fingerprint density at radius 2 is 1.39 bits per heavy atom. The molecule has 0 spiro atoms. The molecule has 1 aliphatic heterocycles. The third-order valence-corrected chi connectivity index (χ3v) is 9.57. The van der Waals surface area contributed by atoms with E-state index in [4.69, 9.17) is 14.2 Å². The number of nitrogens with one attached hydrogen (secondary N) is 2. The molecule has 3 atom stereocenters. The van der Waals surface area contributed by atoms with E-state index in [0.29, 0.717) is 24.3 Å². The first-order valence-electron chi connectivity index (χ1n) is 15.3. The Labute approximate surface area is 268 Å². The summed E-state index contributed by atoms with van der Waals surface area (Å²) in [6, 6.07) is 24.5. The van der Waals surface area contributed by atoms with E-state index in [2.05, 4.69) is 10.6 Å². The van der Waals surface area contributed by atoms with Crippen LogP contribution in [0.25, 0.3) is 0 Å². The van der Waals surface area contributed by atoms with Gasteiger partial charge in [0.25, 0.3) is 0 Å². The maximum absolute atomic E-state index is 14.8. The van der Waals surface area contributed by atoms with Crippen LogP contribution in [0, 0.1) is 5.92 Å². The topological polar surface area (TPSA) is 151 Å². The largest absolute Gasteiger partial charge is 0.481 e. The Balaban J connectivity index is 1.61. The minimum Gasteiger partial charge on any atom is -0.481 e. The highest BCUT2D eigenvalue weighted by Gasteiger charge is 2.44. The quantitative estimate of drug-likeness (QED) is 0.194. The maximum atomic E-state index is 14.8. The second-order valence-corrected chi connectivity index (χ2v) is 13.5. The highest BCUT2D eigenvalue weighted by Crippen LogP contribution is 2.53. The molecule has 12 heteroatoms. The molecular formula is C34H40N3O8P. The molecule has 4 rings (SSSR count). The lowest BCUT2D eigenvalue weighted by Gasteiger charge is -2.33. The number of hydrogen-bond acceptors (Lipinski definition) is 7. The summed E-state index contributed by atoms with van der Waals surface area (Å²) in [6.45, 7) is 3.81. The predicted octanol–water partition coefficient (Wildman–Crippen LogP) is 5.02. The van der Waals surface area contributed by atoms with Crippen molar-refractivity contribution in [3.63, 3.8) is 0 Å². The van der Waals surface area contributed by atoms with Crippen LogP contribution in [0.4, 0.5) is 0 Å². The number of amides is 3. The normalized spacial score (nSPS) is 15.9. The molecule has 3 N–H and O–H groups in total. The minimum atomic E-state index is -4.19. The number of likely N-dealkylation sites (tertiary alicyclic amines) is 1. The summed E-state index contributed by atoms with van der Waals surface area (Å²) in [6.07, 6.45) is 0.381. The summed E-state index contributed by atoms with van der Waals surface area (Å²) in [5.74, 6) is -3.52. The van der Waals surface area contributed by atoms with Gasteiger partial charge in [-0.1, -0.05) is 80.6 Å². The fourth-order valence-corrected chi connectivity index (χ4v) is 7.05. The van der Waals surface area contributed by atoms with Crippen LogP contribution in [0.3, 0.4) is 0 Å². The Hall–Kier alpha value is -4.63. The Morgan fingerprint density at radius 3 is 1.91 bits per heavy atom. The van der Waals surface area contributed by atoms with Crippen LogP contribution >= 0.6 is 7.60 Å². The van der Waals surface area contributed by atoms with Gasteiger partial charge in [-0.15, -0.1) is 0 Å². The fraction of sp³-hybridized carbons (Fsp3) is 0.353. The van der Waals surface area contributed by atoms with E-state index in [9.17, 15) is 23.7 Å². The molecule has 46 heavy (non-hydrogen) atoms. The Morgan fingerprint density at radius 1 is 0.848 bits per heavy atom. The number of carboxylic acid groups (broad SMARTS) is 1. The molecule has 3 amide bonds. The van der Waals surface area contributed by atoms with Crippen LogP contribution in [-0.4, -0.2) is 58.1 Å². The summed E-state index contributed by atoms with van der Waals surface area (Å²) < 4.78 is 27.0.